The Bertz CT molecular complexity index is 907. The van der Waals surface area contributed by atoms with Crippen LogP contribution in [0, 0.1) is 5.82 Å². The smallest absolute Gasteiger partial charge is 0.270 e. The second-order valence-electron chi connectivity index (χ2n) is 5.70. The summed E-state index contributed by atoms with van der Waals surface area (Å²) in [7, 11) is 0. The van der Waals surface area contributed by atoms with E-state index in [1.54, 1.807) is 11.0 Å². The van der Waals surface area contributed by atoms with Crippen LogP contribution in [0.4, 0.5) is 9.52 Å². The zero-order valence-corrected chi connectivity index (χ0v) is 17.8. The van der Waals surface area contributed by atoms with Gasteiger partial charge in [0.15, 0.2) is 5.13 Å². The van der Waals surface area contributed by atoms with E-state index < -0.39 is 0 Å². The second-order valence-corrected chi connectivity index (χ2v) is 9.17. The molecule has 2 heterocycles. The fraction of sp³-hybridized carbons (Fsp3) is 0.333. The summed E-state index contributed by atoms with van der Waals surface area (Å²) >= 11 is 6.16. The molecule has 0 aliphatic rings. The van der Waals surface area contributed by atoms with Crippen LogP contribution >= 0.6 is 38.6 Å². The summed E-state index contributed by atoms with van der Waals surface area (Å²) in [4.78, 5) is 22.3. The summed E-state index contributed by atoms with van der Waals surface area (Å²) in [6.07, 6.45) is 0. The Morgan fingerprint density at radius 1 is 1.15 bits per heavy atom. The number of hydrogen-bond donors (Lipinski definition) is 0. The molecule has 0 unspecified atom stereocenters. The van der Waals surface area contributed by atoms with Crippen molar-refractivity contribution in [3.05, 3.63) is 44.8 Å². The highest BCUT2D eigenvalue weighted by Gasteiger charge is 2.23. The lowest BCUT2D eigenvalue weighted by atomic mass is 10.3. The number of amides is 1. The van der Waals surface area contributed by atoms with Gasteiger partial charge in [-0.15, -0.1) is 11.3 Å². The Balaban J connectivity index is 1.93. The molecule has 0 radical (unpaired) electrons. The predicted octanol–water partition coefficient (Wildman–Crippen LogP) is 5.25. The van der Waals surface area contributed by atoms with Crippen LogP contribution in [0.25, 0.3) is 10.2 Å². The van der Waals surface area contributed by atoms with Crippen LogP contribution in [0.5, 0.6) is 0 Å². The topological polar surface area (TPSA) is 36.4 Å². The van der Waals surface area contributed by atoms with Gasteiger partial charge in [0.25, 0.3) is 5.91 Å². The zero-order chi connectivity index (χ0) is 18.7. The third kappa shape index (κ3) is 4.31. The van der Waals surface area contributed by atoms with E-state index in [1.807, 2.05) is 12.1 Å². The fourth-order valence-electron chi connectivity index (χ4n) is 2.63. The third-order valence-corrected chi connectivity index (χ3v) is 6.79. The van der Waals surface area contributed by atoms with Crippen molar-refractivity contribution in [1.82, 2.24) is 9.88 Å². The van der Waals surface area contributed by atoms with Crippen molar-refractivity contribution < 1.29 is 9.18 Å². The van der Waals surface area contributed by atoms with E-state index in [-0.39, 0.29) is 11.7 Å². The first-order chi connectivity index (χ1) is 12.5. The number of nitrogens with zero attached hydrogens (tertiary/aromatic N) is 3. The van der Waals surface area contributed by atoms with Gasteiger partial charge in [0.1, 0.15) is 5.82 Å². The summed E-state index contributed by atoms with van der Waals surface area (Å²) < 4.78 is 15.2. The van der Waals surface area contributed by atoms with Crippen molar-refractivity contribution in [1.29, 1.82) is 0 Å². The van der Waals surface area contributed by atoms with Gasteiger partial charge in [-0.3, -0.25) is 9.69 Å². The molecule has 4 nitrogen and oxygen atoms in total. The fourth-order valence-corrected chi connectivity index (χ4v) is 4.98. The lowest BCUT2D eigenvalue weighted by Crippen LogP contribution is -2.38. The number of benzene rings is 1. The molecular weight excluding hydrogens is 437 g/mol. The molecule has 0 saturated heterocycles. The van der Waals surface area contributed by atoms with Crippen LogP contribution in [0.1, 0.15) is 23.5 Å². The van der Waals surface area contributed by atoms with E-state index in [2.05, 4.69) is 39.7 Å². The summed E-state index contributed by atoms with van der Waals surface area (Å²) in [5.74, 6) is -0.372. The molecule has 0 aliphatic carbocycles. The number of anilines is 1. The molecule has 0 atom stereocenters. The third-order valence-electron chi connectivity index (χ3n) is 4.13. The Labute approximate surface area is 168 Å². The Morgan fingerprint density at radius 2 is 1.92 bits per heavy atom. The molecule has 0 spiro atoms. The monoisotopic (exact) mass is 455 g/mol. The maximum Gasteiger partial charge on any atom is 0.270 e. The predicted molar refractivity (Wildman–Crippen MR) is 111 cm³/mol. The van der Waals surface area contributed by atoms with E-state index in [1.165, 1.54) is 34.8 Å². The number of hydrogen-bond acceptors (Lipinski definition) is 5. The lowest BCUT2D eigenvalue weighted by Gasteiger charge is -2.24. The zero-order valence-electron chi connectivity index (χ0n) is 14.5. The number of thiazole rings is 1. The van der Waals surface area contributed by atoms with Gasteiger partial charge in [-0.1, -0.05) is 25.2 Å². The van der Waals surface area contributed by atoms with E-state index in [0.29, 0.717) is 22.1 Å². The van der Waals surface area contributed by atoms with Crippen molar-refractivity contribution in [2.75, 3.05) is 31.1 Å². The van der Waals surface area contributed by atoms with E-state index in [0.717, 1.165) is 28.1 Å². The number of carbonyl (C=O) groups excluding carboxylic acids is 1. The maximum absolute atomic E-state index is 13.5. The number of thiophene rings is 1. The first kappa shape index (κ1) is 19.4. The molecule has 0 bridgehead atoms. The SMILES string of the molecule is CCN(CC)CCN(C(=O)c1ccc(Br)s1)c1nc2ccc(F)cc2s1. The Hall–Kier alpha value is -1.35. The molecule has 0 saturated carbocycles. The molecule has 1 aromatic carbocycles. The van der Waals surface area contributed by atoms with Gasteiger partial charge in [-0.2, -0.15) is 0 Å². The molecule has 0 aliphatic heterocycles. The van der Waals surface area contributed by atoms with Gasteiger partial charge in [0.05, 0.1) is 18.9 Å². The molecular formula is C18H19BrFN3OS2. The van der Waals surface area contributed by atoms with Crippen molar-refractivity contribution in [2.45, 2.75) is 13.8 Å². The molecule has 138 valence electrons. The Morgan fingerprint density at radius 3 is 2.58 bits per heavy atom. The summed E-state index contributed by atoms with van der Waals surface area (Å²) in [6.45, 7) is 7.36. The Kier molecular flexibility index (Phi) is 6.39. The first-order valence-corrected chi connectivity index (χ1v) is 10.8. The van der Waals surface area contributed by atoms with Crippen molar-refractivity contribution in [3.8, 4) is 0 Å². The van der Waals surface area contributed by atoms with Gasteiger partial charge in [0, 0.05) is 13.1 Å². The van der Waals surface area contributed by atoms with Gasteiger partial charge in [-0.25, -0.2) is 9.37 Å². The standard InChI is InChI=1S/C18H19BrFN3OS2/c1-3-22(4-2)9-10-23(17(24)14-7-8-16(19)25-14)18-21-13-6-5-12(20)11-15(13)26-18/h5-8,11H,3-4,9-10H2,1-2H3. The van der Waals surface area contributed by atoms with Crippen LogP contribution in [0.3, 0.4) is 0 Å². The number of halogens is 2. The highest BCUT2D eigenvalue weighted by molar-refractivity contribution is 9.11. The normalized spacial score (nSPS) is 11.4. The summed E-state index contributed by atoms with van der Waals surface area (Å²) in [6, 6.07) is 8.19. The number of aromatic nitrogens is 1. The van der Waals surface area contributed by atoms with Crippen molar-refractivity contribution in [2.24, 2.45) is 0 Å². The minimum atomic E-state index is -0.295. The number of fused-ring (bicyclic) bond motifs is 1. The number of rotatable bonds is 7. The molecule has 3 aromatic rings. The van der Waals surface area contributed by atoms with Gasteiger partial charge in [-0.05, 0) is 59.4 Å². The van der Waals surface area contributed by atoms with Crippen LogP contribution in [0.15, 0.2) is 34.1 Å². The van der Waals surface area contributed by atoms with E-state index in [9.17, 15) is 9.18 Å². The minimum Gasteiger partial charge on any atom is -0.302 e. The average Bonchev–Trinajstić information content (AvgIpc) is 3.24. The first-order valence-electron chi connectivity index (χ1n) is 8.37. The quantitative estimate of drug-likeness (QED) is 0.488. The maximum atomic E-state index is 13.5. The van der Waals surface area contributed by atoms with E-state index in [4.69, 9.17) is 0 Å². The molecule has 1 amide bonds. The minimum absolute atomic E-state index is 0.0765. The summed E-state index contributed by atoms with van der Waals surface area (Å²) in [5.41, 5.74) is 0.708. The second kappa shape index (κ2) is 8.56. The highest BCUT2D eigenvalue weighted by Crippen LogP contribution is 2.31. The molecule has 3 rings (SSSR count). The number of carbonyl (C=O) groups is 1. The van der Waals surface area contributed by atoms with Crippen molar-refractivity contribution in [3.63, 3.8) is 0 Å². The van der Waals surface area contributed by atoms with Crippen LogP contribution in [-0.2, 0) is 0 Å². The lowest BCUT2D eigenvalue weighted by molar-refractivity contribution is 0.0987. The van der Waals surface area contributed by atoms with Crippen LogP contribution in [-0.4, -0.2) is 42.0 Å². The average molecular weight is 456 g/mol. The molecule has 26 heavy (non-hydrogen) atoms. The summed E-state index contributed by atoms with van der Waals surface area (Å²) in [5, 5.41) is 0.604. The van der Waals surface area contributed by atoms with Gasteiger partial charge < -0.3 is 4.90 Å². The van der Waals surface area contributed by atoms with Gasteiger partial charge in [0.2, 0.25) is 0 Å². The van der Waals surface area contributed by atoms with Crippen molar-refractivity contribution >= 4 is 59.9 Å². The van der Waals surface area contributed by atoms with Crippen LogP contribution in [0.2, 0.25) is 0 Å². The molecule has 8 heteroatoms. The van der Waals surface area contributed by atoms with Crippen LogP contribution < -0.4 is 4.90 Å². The largest absolute Gasteiger partial charge is 0.302 e. The molecule has 0 fully saturated rings. The van der Waals surface area contributed by atoms with Gasteiger partial charge >= 0.3 is 0 Å². The molecule has 2 aromatic heterocycles. The number of likely N-dealkylation sites (N-methyl/N-ethyl adjacent to an activating group) is 1. The van der Waals surface area contributed by atoms with E-state index >= 15 is 0 Å². The molecule has 0 N–H and O–H groups in total. The highest BCUT2D eigenvalue weighted by atomic mass is 79.9.